The Morgan fingerprint density at radius 1 is 0.477 bits per heavy atom. The summed E-state index contributed by atoms with van der Waals surface area (Å²) in [6.45, 7) is 17.7. The molecule has 0 spiro atoms. The van der Waals surface area contributed by atoms with Gasteiger partial charge >= 0.3 is 0 Å². The first-order chi connectivity index (χ1) is 31.6. The Morgan fingerprint density at radius 2 is 0.954 bits per heavy atom. The summed E-state index contributed by atoms with van der Waals surface area (Å²) < 4.78 is 0. The lowest BCUT2D eigenvalue weighted by atomic mass is 9.40. The predicted octanol–water partition coefficient (Wildman–Crippen LogP) is 20.6. The van der Waals surface area contributed by atoms with Gasteiger partial charge in [0.15, 0.2) is 0 Å². The van der Waals surface area contributed by atoms with E-state index in [1.54, 1.807) is 0 Å². The minimum absolute atomic E-state index is 0.0602. The fourth-order valence-corrected chi connectivity index (χ4v) is 16.7. The largest absolute Gasteiger partial charge is 0.369 e. The van der Waals surface area contributed by atoms with Gasteiger partial charge in [0, 0.05) is 5.92 Å². The molecule has 4 fully saturated rings. The quantitative estimate of drug-likeness (QED) is 0.0614. The highest BCUT2D eigenvalue weighted by molar-refractivity contribution is 5.77. The third-order valence-electron chi connectivity index (χ3n) is 20.4. The maximum atomic E-state index is 13.9. The topological polar surface area (TPSA) is 43.1 Å². The average molecular weight is 907 g/mol. The van der Waals surface area contributed by atoms with E-state index in [2.05, 4.69) is 48.5 Å². The van der Waals surface area contributed by atoms with Gasteiger partial charge in [0.1, 0.15) is 0 Å². The van der Waals surface area contributed by atoms with Crippen LogP contribution in [0.3, 0.4) is 0 Å². The Kier molecular flexibility index (Phi) is 28.4. The molecule has 4 saturated carbocycles. The summed E-state index contributed by atoms with van der Waals surface area (Å²) in [4.78, 5) is 13.9. The highest BCUT2D eigenvalue weighted by Crippen LogP contribution is 2.70. The van der Waals surface area contributed by atoms with Crippen molar-refractivity contribution in [3.05, 3.63) is 0 Å². The summed E-state index contributed by atoms with van der Waals surface area (Å²) in [5.74, 6) is 7.51. The van der Waals surface area contributed by atoms with E-state index in [0.29, 0.717) is 22.7 Å². The standard InChI is InChI=1S/C63H119NO/c1-8-10-12-14-16-18-20-22-24-26-27-29-31-33-35-42-54(55(61(64)65)43-36-34-32-30-28-25-23-21-19-17-15-13-11-9-2)59-44-38-41-53-45-46-56-58-48-47-57(52(5)40-37-39-51(3)4)62(58,6)50-49-60(56)63(53,59)7/h51-60H,8-50H2,1-7H3,(H2,64,65)/t52-,53?,54?,55?,56+,57-,58+,59?,60+,62-,63-/m1/s1. The number of carbonyl (C=O) groups excluding carboxylic acids is 1. The molecular formula is C63H119NO. The zero-order valence-electron chi connectivity index (χ0n) is 45.7. The third kappa shape index (κ3) is 18.3. The summed E-state index contributed by atoms with van der Waals surface area (Å²) in [5, 5.41) is 0. The Labute approximate surface area is 409 Å². The van der Waals surface area contributed by atoms with E-state index >= 15 is 0 Å². The van der Waals surface area contributed by atoms with Crippen LogP contribution in [-0.2, 0) is 4.79 Å². The molecule has 2 nitrogen and oxygen atoms in total. The van der Waals surface area contributed by atoms with Crippen molar-refractivity contribution in [3.8, 4) is 0 Å². The zero-order valence-corrected chi connectivity index (χ0v) is 45.7. The number of nitrogens with two attached hydrogens (primary N) is 1. The molecule has 4 aliphatic rings. The smallest absolute Gasteiger partial charge is 0.220 e. The van der Waals surface area contributed by atoms with E-state index in [4.69, 9.17) is 5.73 Å². The Balaban J connectivity index is 1.35. The van der Waals surface area contributed by atoms with E-state index in [1.165, 1.54) is 270 Å². The number of hydrogen-bond donors (Lipinski definition) is 1. The fraction of sp³-hybridized carbons (Fsp3) is 0.984. The number of hydrogen-bond acceptors (Lipinski definition) is 1. The second kappa shape index (κ2) is 32.4. The van der Waals surface area contributed by atoms with Crippen LogP contribution < -0.4 is 5.73 Å². The molecule has 4 unspecified atom stereocenters. The fourth-order valence-electron chi connectivity index (χ4n) is 16.7. The number of primary amides is 1. The van der Waals surface area contributed by atoms with Gasteiger partial charge in [-0.2, -0.15) is 0 Å². The van der Waals surface area contributed by atoms with Crippen LogP contribution in [0.1, 0.15) is 325 Å². The zero-order chi connectivity index (χ0) is 46.8. The van der Waals surface area contributed by atoms with Crippen LogP contribution >= 0.6 is 0 Å². The molecule has 0 heterocycles. The Morgan fingerprint density at radius 3 is 1.43 bits per heavy atom. The first-order valence-electron chi connectivity index (χ1n) is 30.9. The maximum absolute atomic E-state index is 13.9. The van der Waals surface area contributed by atoms with Crippen LogP contribution in [0.2, 0.25) is 0 Å². The second-order valence-electron chi connectivity index (χ2n) is 25.4. The van der Waals surface area contributed by atoms with E-state index in [1.807, 2.05) is 0 Å². The normalized spacial score (nSPS) is 29.0. The molecule has 2 N–H and O–H groups in total. The van der Waals surface area contributed by atoms with Crippen LogP contribution in [0, 0.1) is 70.0 Å². The number of carbonyl (C=O) groups is 1. The average Bonchev–Trinajstić information content (AvgIpc) is 3.65. The lowest BCUT2D eigenvalue weighted by Crippen LogP contribution is -2.58. The van der Waals surface area contributed by atoms with E-state index in [-0.39, 0.29) is 11.8 Å². The lowest BCUT2D eigenvalue weighted by molar-refractivity contribution is -0.160. The molecule has 0 aromatic rings. The molecule has 2 heteroatoms. The minimum Gasteiger partial charge on any atom is -0.369 e. The molecule has 65 heavy (non-hydrogen) atoms. The number of rotatable bonds is 39. The van der Waals surface area contributed by atoms with Crippen molar-refractivity contribution in [2.45, 2.75) is 325 Å². The SMILES string of the molecule is CCCCCCCCCCCCCCCCCC(C(CCCCCCCCCCCCCCCC)C(N)=O)C1CCCC2CC[C@@H]3[C@H](CC[C@]4(C)[C@@H]([C@H](C)CCCC(C)C)CC[C@@H]34)[C@]21C. The molecule has 4 aliphatic carbocycles. The summed E-state index contributed by atoms with van der Waals surface area (Å²) in [6.07, 6.45) is 60.3. The molecule has 0 saturated heterocycles. The molecule has 1 amide bonds. The molecule has 0 radical (unpaired) electrons. The molecule has 4 rings (SSSR count). The second-order valence-corrected chi connectivity index (χ2v) is 25.4. The Bertz CT molecular complexity index is 1190. The summed E-state index contributed by atoms with van der Waals surface area (Å²) in [6, 6.07) is 0. The van der Waals surface area contributed by atoms with Gasteiger partial charge in [-0.1, -0.05) is 260 Å². The van der Waals surface area contributed by atoms with Crippen molar-refractivity contribution < 1.29 is 4.79 Å². The first kappa shape index (κ1) is 57.1. The molecule has 382 valence electrons. The molecular weight excluding hydrogens is 787 g/mol. The van der Waals surface area contributed by atoms with Crippen molar-refractivity contribution in [3.63, 3.8) is 0 Å². The van der Waals surface area contributed by atoms with Crippen LogP contribution in [-0.4, -0.2) is 5.91 Å². The predicted molar refractivity (Wildman–Crippen MR) is 287 cm³/mol. The van der Waals surface area contributed by atoms with Crippen molar-refractivity contribution in [2.24, 2.45) is 75.7 Å². The van der Waals surface area contributed by atoms with Crippen LogP contribution in [0.15, 0.2) is 0 Å². The van der Waals surface area contributed by atoms with Gasteiger partial charge in [0.05, 0.1) is 0 Å². The summed E-state index contributed by atoms with van der Waals surface area (Å²) in [5.41, 5.74) is 7.57. The number of unbranched alkanes of at least 4 members (excludes halogenated alkanes) is 27. The van der Waals surface area contributed by atoms with E-state index in [9.17, 15) is 4.79 Å². The van der Waals surface area contributed by atoms with Gasteiger partial charge in [-0.3, -0.25) is 4.79 Å². The Hall–Kier alpha value is -0.530. The van der Waals surface area contributed by atoms with Crippen molar-refractivity contribution in [2.75, 3.05) is 0 Å². The summed E-state index contributed by atoms with van der Waals surface area (Å²) >= 11 is 0. The van der Waals surface area contributed by atoms with Gasteiger partial charge in [-0.15, -0.1) is 0 Å². The van der Waals surface area contributed by atoms with Crippen LogP contribution in [0.4, 0.5) is 0 Å². The molecule has 0 aliphatic heterocycles. The molecule has 11 atom stereocenters. The van der Waals surface area contributed by atoms with Crippen LogP contribution in [0.5, 0.6) is 0 Å². The van der Waals surface area contributed by atoms with Crippen molar-refractivity contribution in [1.82, 2.24) is 0 Å². The molecule has 0 aromatic heterocycles. The van der Waals surface area contributed by atoms with Gasteiger partial charge in [0.2, 0.25) is 5.91 Å². The lowest BCUT2D eigenvalue weighted by Gasteiger charge is -2.64. The van der Waals surface area contributed by atoms with E-state index in [0.717, 1.165) is 47.8 Å². The van der Waals surface area contributed by atoms with Crippen molar-refractivity contribution >= 4 is 5.91 Å². The monoisotopic (exact) mass is 906 g/mol. The minimum atomic E-state index is 0.0602. The van der Waals surface area contributed by atoms with Gasteiger partial charge in [-0.05, 0) is 128 Å². The van der Waals surface area contributed by atoms with E-state index < -0.39 is 0 Å². The highest BCUT2D eigenvalue weighted by atomic mass is 16.1. The first-order valence-corrected chi connectivity index (χ1v) is 30.9. The van der Waals surface area contributed by atoms with Gasteiger partial charge < -0.3 is 5.73 Å². The number of fused-ring (bicyclic) bond motifs is 5. The summed E-state index contributed by atoms with van der Waals surface area (Å²) in [7, 11) is 0. The van der Waals surface area contributed by atoms with Gasteiger partial charge in [-0.25, -0.2) is 0 Å². The number of amides is 1. The van der Waals surface area contributed by atoms with Crippen LogP contribution in [0.25, 0.3) is 0 Å². The third-order valence-corrected chi connectivity index (χ3v) is 20.4. The highest BCUT2D eigenvalue weighted by Gasteiger charge is 2.63. The molecule has 0 bridgehead atoms. The van der Waals surface area contributed by atoms with Crippen molar-refractivity contribution in [1.29, 1.82) is 0 Å². The molecule has 0 aromatic carbocycles. The van der Waals surface area contributed by atoms with Gasteiger partial charge in [0.25, 0.3) is 0 Å². The maximum Gasteiger partial charge on any atom is 0.220 e.